The van der Waals surface area contributed by atoms with E-state index < -0.39 is 15.9 Å². The summed E-state index contributed by atoms with van der Waals surface area (Å²) in [6.45, 7) is 0.462. The van der Waals surface area contributed by atoms with Gasteiger partial charge in [0, 0.05) is 19.3 Å². The van der Waals surface area contributed by atoms with E-state index in [1.165, 1.54) is 0 Å². The van der Waals surface area contributed by atoms with Crippen molar-refractivity contribution >= 4 is 15.9 Å². The minimum absolute atomic E-state index is 0.0737. The molecule has 0 saturated heterocycles. The smallest absolute Gasteiger partial charge is 0.314 e. The molecule has 0 spiro atoms. The first-order valence-electron chi connectivity index (χ1n) is 6.19. The van der Waals surface area contributed by atoms with Crippen LogP contribution in [0.1, 0.15) is 11.8 Å². The molecule has 1 rings (SSSR count). The molecule has 0 saturated carbocycles. The van der Waals surface area contributed by atoms with Gasteiger partial charge in [-0.1, -0.05) is 0 Å². The normalized spacial score (nSPS) is 13.2. The number of amides is 2. The first kappa shape index (κ1) is 16.5. The third-order valence-electron chi connectivity index (χ3n) is 2.71. The molecule has 8 heteroatoms. The lowest BCUT2D eigenvalue weighted by Gasteiger charge is -2.22. The molecule has 1 aromatic heterocycles. The Morgan fingerprint density at radius 3 is 2.60 bits per heavy atom. The molecule has 20 heavy (non-hydrogen) atoms. The number of nitrogens with one attached hydrogen (secondary N) is 2. The van der Waals surface area contributed by atoms with E-state index in [0.717, 1.165) is 12.0 Å². The molecule has 2 amide bonds. The molecule has 1 heterocycles. The van der Waals surface area contributed by atoms with Crippen LogP contribution in [-0.2, 0) is 9.84 Å². The number of hydrogen-bond acceptors (Lipinski definition) is 5. The zero-order chi connectivity index (χ0) is 15.2. The van der Waals surface area contributed by atoms with Crippen molar-refractivity contribution in [3.8, 4) is 0 Å². The van der Waals surface area contributed by atoms with Crippen molar-refractivity contribution in [3.63, 3.8) is 0 Å². The second-order valence-electron chi connectivity index (χ2n) is 4.76. The van der Waals surface area contributed by atoms with Crippen LogP contribution in [0.25, 0.3) is 0 Å². The summed E-state index contributed by atoms with van der Waals surface area (Å²) in [6, 6.07) is 3.16. The third-order valence-corrected chi connectivity index (χ3v) is 3.66. The average Bonchev–Trinajstić information content (AvgIpc) is 2.80. The van der Waals surface area contributed by atoms with E-state index in [1.54, 1.807) is 12.3 Å². The Morgan fingerprint density at radius 2 is 2.10 bits per heavy atom. The van der Waals surface area contributed by atoms with E-state index in [0.29, 0.717) is 6.54 Å². The fraction of sp³-hybridized carbons (Fsp3) is 0.583. The number of urea groups is 1. The molecular weight excluding hydrogens is 282 g/mol. The second kappa shape index (κ2) is 7.30. The summed E-state index contributed by atoms with van der Waals surface area (Å²) in [5, 5.41) is 5.19. The van der Waals surface area contributed by atoms with Gasteiger partial charge >= 0.3 is 6.03 Å². The van der Waals surface area contributed by atoms with Gasteiger partial charge in [-0.3, -0.25) is 4.90 Å². The number of carbonyl (C=O) groups is 1. The highest BCUT2D eigenvalue weighted by molar-refractivity contribution is 7.90. The molecule has 0 fully saturated rings. The topological polar surface area (TPSA) is 91.7 Å². The third kappa shape index (κ3) is 6.07. The number of carbonyl (C=O) groups excluding carboxylic acids is 1. The van der Waals surface area contributed by atoms with Crippen LogP contribution in [0.2, 0.25) is 0 Å². The van der Waals surface area contributed by atoms with Crippen molar-refractivity contribution in [3.05, 3.63) is 24.2 Å². The lowest BCUT2D eigenvalue weighted by atomic mass is 10.2. The van der Waals surface area contributed by atoms with E-state index in [-0.39, 0.29) is 18.3 Å². The van der Waals surface area contributed by atoms with Crippen molar-refractivity contribution in [2.75, 3.05) is 39.2 Å². The quantitative estimate of drug-likeness (QED) is 0.752. The lowest BCUT2D eigenvalue weighted by molar-refractivity contribution is 0.226. The van der Waals surface area contributed by atoms with E-state index >= 15 is 0 Å². The number of furan rings is 1. The standard InChI is InChI=1S/C12H21N3O4S/c1-15(2)10(11-5-4-7-19-11)9-14-12(16)13-6-8-20(3,17)18/h4-5,7,10H,6,8-9H2,1-3H3,(H2,13,14,16). The maximum Gasteiger partial charge on any atom is 0.314 e. The minimum Gasteiger partial charge on any atom is -0.468 e. The van der Waals surface area contributed by atoms with E-state index in [2.05, 4.69) is 10.6 Å². The van der Waals surface area contributed by atoms with Crippen molar-refractivity contribution in [1.82, 2.24) is 15.5 Å². The number of hydrogen-bond donors (Lipinski definition) is 2. The molecule has 0 aliphatic rings. The van der Waals surface area contributed by atoms with Gasteiger partial charge < -0.3 is 15.1 Å². The fourth-order valence-electron chi connectivity index (χ4n) is 1.62. The van der Waals surface area contributed by atoms with Crippen molar-refractivity contribution in [2.24, 2.45) is 0 Å². The number of likely N-dealkylation sites (N-methyl/N-ethyl adjacent to an activating group) is 1. The Labute approximate surface area is 119 Å². The summed E-state index contributed by atoms with van der Waals surface area (Å²) < 4.78 is 27.2. The second-order valence-corrected chi connectivity index (χ2v) is 7.02. The first-order chi connectivity index (χ1) is 9.29. The summed E-state index contributed by atoms with van der Waals surface area (Å²) in [5.41, 5.74) is 0. The molecule has 2 N–H and O–H groups in total. The van der Waals surface area contributed by atoms with Gasteiger partial charge in [-0.05, 0) is 26.2 Å². The first-order valence-corrected chi connectivity index (χ1v) is 8.25. The van der Waals surface area contributed by atoms with Crippen molar-refractivity contribution in [1.29, 1.82) is 0 Å². The average molecular weight is 303 g/mol. The van der Waals surface area contributed by atoms with Crippen LogP contribution in [0.3, 0.4) is 0 Å². The monoisotopic (exact) mass is 303 g/mol. The molecule has 0 aromatic carbocycles. The predicted molar refractivity (Wildman–Crippen MR) is 76.2 cm³/mol. The Bertz CT molecular complexity index is 511. The summed E-state index contributed by atoms with van der Waals surface area (Å²) in [5.74, 6) is 0.682. The molecule has 0 aliphatic carbocycles. The Hall–Kier alpha value is -1.54. The SMILES string of the molecule is CN(C)C(CNC(=O)NCCS(C)(=O)=O)c1ccco1. The number of nitrogens with zero attached hydrogens (tertiary/aromatic N) is 1. The van der Waals surface area contributed by atoms with E-state index in [4.69, 9.17) is 4.42 Å². The van der Waals surface area contributed by atoms with Crippen LogP contribution in [0, 0.1) is 0 Å². The largest absolute Gasteiger partial charge is 0.468 e. The summed E-state index contributed by atoms with van der Waals surface area (Å²) in [6.07, 6.45) is 2.71. The van der Waals surface area contributed by atoms with E-state index in [9.17, 15) is 13.2 Å². The molecule has 0 bridgehead atoms. The van der Waals surface area contributed by atoms with Gasteiger partial charge in [0.25, 0.3) is 0 Å². The molecule has 1 unspecified atom stereocenters. The summed E-state index contributed by atoms with van der Waals surface area (Å²) in [4.78, 5) is 13.5. The lowest BCUT2D eigenvalue weighted by Crippen LogP contribution is -2.41. The summed E-state index contributed by atoms with van der Waals surface area (Å²) >= 11 is 0. The van der Waals surface area contributed by atoms with Crippen LogP contribution >= 0.6 is 0 Å². The zero-order valence-electron chi connectivity index (χ0n) is 11.9. The fourth-order valence-corrected chi connectivity index (χ4v) is 2.09. The maximum atomic E-state index is 11.6. The molecule has 1 aromatic rings. The Kier molecular flexibility index (Phi) is 6.03. The van der Waals surface area contributed by atoms with Gasteiger partial charge in [0.15, 0.2) is 0 Å². The van der Waals surface area contributed by atoms with Gasteiger partial charge in [0.1, 0.15) is 15.6 Å². The number of sulfone groups is 1. The maximum absolute atomic E-state index is 11.6. The predicted octanol–water partition coefficient (Wildman–Crippen LogP) is 0.226. The highest BCUT2D eigenvalue weighted by Gasteiger charge is 2.17. The molecular formula is C12H21N3O4S. The highest BCUT2D eigenvalue weighted by atomic mass is 32.2. The van der Waals surface area contributed by atoms with Gasteiger partial charge in [0.05, 0.1) is 18.1 Å². The molecule has 0 aliphatic heterocycles. The van der Waals surface area contributed by atoms with Crippen LogP contribution < -0.4 is 10.6 Å². The van der Waals surface area contributed by atoms with Gasteiger partial charge in [-0.25, -0.2) is 13.2 Å². The van der Waals surface area contributed by atoms with Gasteiger partial charge in [0.2, 0.25) is 0 Å². The van der Waals surface area contributed by atoms with Crippen LogP contribution in [0.15, 0.2) is 22.8 Å². The van der Waals surface area contributed by atoms with Gasteiger partial charge in [-0.2, -0.15) is 0 Å². The minimum atomic E-state index is -3.07. The molecule has 1 atom stereocenters. The zero-order valence-corrected chi connectivity index (χ0v) is 12.7. The molecule has 114 valence electrons. The van der Waals surface area contributed by atoms with Crippen LogP contribution in [-0.4, -0.2) is 58.5 Å². The Balaban J connectivity index is 2.38. The van der Waals surface area contributed by atoms with Crippen LogP contribution in [0.4, 0.5) is 4.79 Å². The van der Waals surface area contributed by atoms with E-state index in [1.807, 2.05) is 25.1 Å². The van der Waals surface area contributed by atoms with Crippen molar-refractivity contribution in [2.45, 2.75) is 6.04 Å². The van der Waals surface area contributed by atoms with Crippen LogP contribution in [0.5, 0.6) is 0 Å². The van der Waals surface area contributed by atoms with Gasteiger partial charge in [-0.15, -0.1) is 0 Å². The summed E-state index contributed by atoms with van der Waals surface area (Å²) in [7, 11) is 0.705. The highest BCUT2D eigenvalue weighted by Crippen LogP contribution is 2.17. The number of rotatable bonds is 7. The van der Waals surface area contributed by atoms with Crippen molar-refractivity contribution < 1.29 is 17.6 Å². The molecule has 7 nitrogen and oxygen atoms in total. The molecule has 0 radical (unpaired) electrons. The Morgan fingerprint density at radius 1 is 1.40 bits per heavy atom.